The minimum atomic E-state index is -0.637. The molecule has 1 aliphatic heterocycles. The summed E-state index contributed by atoms with van der Waals surface area (Å²) in [5.41, 5.74) is 7.44. The molecule has 290 valence electrons. The third-order valence-electron chi connectivity index (χ3n) is 7.80. The number of piperidine rings is 1. The van der Waals surface area contributed by atoms with Gasteiger partial charge < -0.3 is 26.2 Å². The Bertz CT molecular complexity index is 1100. The van der Waals surface area contributed by atoms with E-state index in [9.17, 15) is 19.2 Å². The molecule has 50 heavy (non-hydrogen) atoms. The van der Waals surface area contributed by atoms with Gasteiger partial charge in [-0.15, -0.1) is 0 Å². The molecule has 0 saturated carbocycles. The Balaban J connectivity index is -0.00000107. The summed E-state index contributed by atoms with van der Waals surface area (Å²) in [7, 11) is 1.73. The summed E-state index contributed by atoms with van der Waals surface area (Å²) in [5.74, 6) is -0.197. The van der Waals surface area contributed by atoms with Crippen molar-refractivity contribution < 1.29 is 19.2 Å². The van der Waals surface area contributed by atoms with Crippen LogP contribution in [0.15, 0.2) is 35.9 Å². The van der Waals surface area contributed by atoms with E-state index in [1.54, 1.807) is 18.9 Å². The molecule has 0 aliphatic carbocycles. The fourth-order valence-corrected chi connectivity index (χ4v) is 5.20. The second kappa shape index (κ2) is 29.3. The summed E-state index contributed by atoms with van der Waals surface area (Å²) in [6, 6.07) is 6.86. The van der Waals surface area contributed by atoms with Crippen LogP contribution in [0.25, 0.3) is 0 Å². The number of nitrogens with zero attached hydrogens (tertiary/aromatic N) is 3. The van der Waals surface area contributed by atoms with E-state index in [1.165, 1.54) is 0 Å². The SMILES string of the molecule is CC.CC.CC.CCCN(CC)C(=O)/C(C)=C/CN(C)C(=O)C(NC(=O)C1CCCCN1C(C)C)C(C)(C)C.Nc1cccc(CNC=O)c1. The monoisotopic (exact) mass is 705 g/mol. The van der Waals surface area contributed by atoms with E-state index in [1.807, 2.05) is 104 Å². The number of carbonyl (C=O) groups excluding carboxylic acids is 4. The van der Waals surface area contributed by atoms with Crippen LogP contribution >= 0.6 is 0 Å². The lowest BCUT2D eigenvalue weighted by molar-refractivity contribution is -0.140. The van der Waals surface area contributed by atoms with Gasteiger partial charge in [0.25, 0.3) is 0 Å². The smallest absolute Gasteiger partial charge is 0.249 e. The van der Waals surface area contributed by atoms with Gasteiger partial charge in [0.15, 0.2) is 0 Å². The summed E-state index contributed by atoms with van der Waals surface area (Å²) < 4.78 is 0. The van der Waals surface area contributed by atoms with Gasteiger partial charge in [-0.05, 0) is 76.6 Å². The largest absolute Gasteiger partial charge is 0.399 e. The topological polar surface area (TPSA) is 128 Å². The standard InChI is InChI=1S/C26H48N4O3.C8H10N2O.3C2H6/c1-10-16-29(11-2)24(32)20(5)15-18-28(9)25(33)22(26(6,7)8)27-23(31)21-14-12-13-17-30(21)19(3)4;9-8-3-1-2-7(4-8)5-10-6-11;3*1-2/h15,19,21-22H,10-14,16-18H2,1-9H3,(H,27,31);1-4,6H,5,9H2,(H,10,11);3*1-2H3/b20-15+;;;;. The van der Waals surface area contributed by atoms with Crippen molar-refractivity contribution in [1.82, 2.24) is 25.3 Å². The number of anilines is 1. The molecule has 4 N–H and O–H groups in total. The Morgan fingerprint density at radius 3 is 2.12 bits per heavy atom. The van der Waals surface area contributed by atoms with Gasteiger partial charge in [-0.1, -0.05) is 93.9 Å². The van der Waals surface area contributed by atoms with Crippen molar-refractivity contribution in [3.8, 4) is 0 Å². The van der Waals surface area contributed by atoms with Gasteiger partial charge in [0.05, 0.1) is 6.04 Å². The predicted octanol–water partition coefficient (Wildman–Crippen LogP) is 7.04. The Morgan fingerprint density at radius 1 is 1.04 bits per heavy atom. The molecular weight excluding hydrogens is 628 g/mol. The minimum absolute atomic E-state index is 0.00643. The molecule has 1 aliphatic rings. The Morgan fingerprint density at radius 2 is 1.64 bits per heavy atom. The molecule has 1 saturated heterocycles. The number of amides is 4. The Hall–Kier alpha value is -3.40. The van der Waals surface area contributed by atoms with Gasteiger partial charge in [-0.2, -0.15) is 0 Å². The fourth-order valence-electron chi connectivity index (χ4n) is 5.20. The number of nitrogens with one attached hydrogen (secondary N) is 2. The lowest BCUT2D eigenvalue weighted by Crippen LogP contribution is -2.59. The average molecular weight is 705 g/mol. The van der Waals surface area contributed by atoms with E-state index in [0.717, 1.165) is 50.0 Å². The molecule has 0 radical (unpaired) electrons. The van der Waals surface area contributed by atoms with Crippen LogP contribution < -0.4 is 16.4 Å². The first kappa shape index (κ1) is 51.0. The van der Waals surface area contributed by atoms with Crippen LogP contribution in [0.5, 0.6) is 0 Å². The maximum atomic E-state index is 13.4. The van der Waals surface area contributed by atoms with Crippen molar-refractivity contribution in [2.75, 3.05) is 39.0 Å². The molecule has 0 spiro atoms. The first-order chi connectivity index (χ1) is 23.7. The van der Waals surface area contributed by atoms with Crippen LogP contribution in [0.2, 0.25) is 0 Å². The molecule has 0 bridgehead atoms. The molecule has 1 heterocycles. The van der Waals surface area contributed by atoms with E-state index < -0.39 is 11.5 Å². The predicted molar refractivity (Wildman–Crippen MR) is 213 cm³/mol. The highest BCUT2D eigenvalue weighted by molar-refractivity contribution is 5.93. The number of rotatable bonds is 13. The van der Waals surface area contributed by atoms with E-state index in [-0.39, 0.29) is 29.8 Å². The van der Waals surface area contributed by atoms with Crippen LogP contribution in [0.3, 0.4) is 0 Å². The summed E-state index contributed by atoms with van der Waals surface area (Å²) in [6.45, 7) is 31.1. The van der Waals surface area contributed by atoms with Crippen LogP contribution in [0.1, 0.15) is 128 Å². The zero-order chi connectivity index (χ0) is 39.4. The van der Waals surface area contributed by atoms with E-state index in [0.29, 0.717) is 31.6 Å². The van der Waals surface area contributed by atoms with Gasteiger partial charge in [-0.25, -0.2) is 0 Å². The van der Waals surface area contributed by atoms with Crippen molar-refractivity contribution in [3.05, 3.63) is 41.5 Å². The van der Waals surface area contributed by atoms with Crippen molar-refractivity contribution >= 4 is 29.8 Å². The summed E-state index contributed by atoms with van der Waals surface area (Å²) in [4.78, 5) is 54.8. The fraction of sp³-hybridized carbons (Fsp3) is 0.700. The van der Waals surface area contributed by atoms with E-state index in [4.69, 9.17) is 5.73 Å². The highest BCUT2D eigenvalue weighted by atomic mass is 16.2. The van der Waals surface area contributed by atoms with E-state index >= 15 is 0 Å². The summed E-state index contributed by atoms with van der Waals surface area (Å²) in [6.07, 6.45) is 6.34. The first-order valence-electron chi connectivity index (χ1n) is 19.0. The molecule has 0 aromatic heterocycles. The average Bonchev–Trinajstić information content (AvgIpc) is 3.12. The summed E-state index contributed by atoms with van der Waals surface area (Å²) >= 11 is 0. The molecule has 10 heteroatoms. The molecular formula is C40H76N6O4. The molecule has 1 aromatic rings. The highest BCUT2D eigenvalue weighted by Crippen LogP contribution is 2.24. The van der Waals surface area contributed by atoms with Crippen molar-refractivity contribution in [1.29, 1.82) is 0 Å². The minimum Gasteiger partial charge on any atom is -0.399 e. The number of likely N-dealkylation sites (N-methyl/N-ethyl adjacent to an activating group) is 2. The second-order valence-electron chi connectivity index (χ2n) is 12.9. The van der Waals surface area contributed by atoms with Crippen molar-refractivity contribution in [2.24, 2.45) is 5.41 Å². The van der Waals surface area contributed by atoms with Crippen molar-refractivity contribution in [2.45, 2.75) is 147 Å². The molecule has 10 nitrogen and oxygen atoms in total. The zero-order valence-electron chi connectivity index (χ0n) is 34.6. The van der Waals surface area contributed by atoms with E-state index in [2.05, 4.69) is 36.3 Å². The maximum absolute atomic E-state index is 13.4. The molecule has 1 fully saturated rings. The van der Waals surface area contributed by atoms with Crippen molar-refractivity contribution in [3.63, 3.8) is 0 Å². The molecule has 1 aromatic carbocycles. The summed E-state index contributed by atoms with van der Waals surface area (Å²) in [5, 5.41) is 5.63. The molecule has 2 atom stereocenters. The molecule has 2 rings (SSSR count). The van der Waals surface area contributed by atoms with Gasteiger partial charge >= 0.3 is 0 Å². The van der Waals surface area contributed by atoms with Crippen LogP contribution in [0, 0.1) is 5.41 Å². The number of benzene rings is 1. The van der Waals surface area contributed by atoms with Crippen LogP contribution in [-0.2, 0) is 25.7 Å². The Labute approximate surface area is 307 Å². The number of likely N-dealkylation sites (tertiary alicyclic amines) is 1. The maximum Gasteiger partial charge on any atom is 0.249 e. The number of nitrogens with two attached hydrogens (primary N) is 1. The zero-order valence-corrected chi connectivity index (χ0v) is 34.6. The van der Waals surface area contributed by atoms with Gasteiger partial charge in [0.2, 0.25) is 24.1 Å². The highest BCUT2D eigenvalue weighted by Gasteiger charge is 2.38. The number of hydrogen-bond acceptors (Lipinski definition) is 6. The van der Waals surface area contributed by atoms with Gasteiger partial charge in [0.1, 0.15) is 6.04 Å². The quantitative estimate of drug-likeness (QED) is 0.115. The number of carbonyl (C=O) groups is 4. The Kier molecular flexibility index (Phi) is 29.9. The number of nitrogen functional groups attached to an aromatic ring is 1. The van der Waals surface area contributed by atoms with Crippen LogP contribution in [0.4, 0.5) is 5.69 Å². The van der Waals surface area contributed by atoms with Gasteiger partial charge in [-0.3, -0.25) is 24.1 Å². The third kappa shape index (κ3) is 19.7. The molecule has 4 amide bonds. The molecule has 2 unspecified atom stereocenters. The van der Waals surface area contributed by atoms with Crippen LogP contribution in [-0.4, -0.2) is 90.2 Å². The number of hydrogen-bond donors (Lipinski definition) is 3. The lowest BCUT2D eigenvalue weighted by Gasteiger charge is -2.40. The third-order valence-corrected chi connectivity index (χ3v) is 7.80. The second-order valence-corrected chi connectivity index (χ2v) is 12.9. The first-order valence-corrected chi connectivity index (χ1v) is 19.0. The normalized spacial score (nSPS) is 14.7. The van der Waals surface area contributed by atoms with Gasteiger partial charge in [0, 0.05) is 50.5 Å². The lowest BCUT2D eigenvalue weighted by atomic mass is 9.85.